The number of fused-ring (bicyclic) bond motifs is 2. The summed E-state index contributed by atoms with van der Waals surface area (Å²) in [5, 5.41) is 9.00. The van der Waals surface area contributed by atoms with Crippen molar-refractivity contribution in [3.05, 3.63) is 29.8 Å². The summed E-state index contributed by atoms with van der Waals surface area (Å²) in [6, 6.07) is 5.22. The van der Waals surface area contributed by atoms with E-state index in [4.69, 9.17) is 0 Å². The fourth-order valence-electron chi connectivity index (χ4n) is 3.90. The number of carbonyl (C=O) groups is 1. The number of benzene rings is 1. The fourth-order valence-corrected chi connectivity index (χ4v) is 5.84. The molecule has 0 unspecified atom stereocenters. The molecule has 0 atom stereocenters. The Morgan fingerprint density at radius 1 is 1.10 bits per heavy atom. The summed E-state index contributed by atoms with van der Waals surface area (Å²) >= 11 is 1.48. The van der Waals surface area contributed by atoms with E-state index in [1.165, 1.54) is 17.6 Å². The number of hydrogen-bond acceptors (Lipinski definition) is 8. The molecule has 0 aliphatic carbocycles. The van der Waals surface area contributed by atoms with E-state index >= 15 is 0 Å². The maximum Gasteiger partial charge on any atom is 0.291 e. The van der Waals surface area contributed by atoms with Crippen LogP contribution in [0, 0.1) is 0 Å². The SMILES string of the molecule is CS(=O)(=O)c1cccc2sc(N3CCN(C(=O)c4nnc5n4CCC5)CC3)nc12. The van der Waals surface area contributed by atoms with Gasteiger partial charge in [0.25, 0.3) is 5.91 Å². The molecule has 1 amide bonds. The number of nitrogens with zero attached hydrogens (tertiary/aromatic N) is 6. The third-order valence-electron chi connectivity index (χ3n) is 5.41. The van der Waals surface area contributed by atoms with Crippen molar-refractivity contribution in [2.24, 2.45) is 0 Å². The Bertz CT molecular complexity index is 1210. The van der Waals surface area contributed by atoms with Crippen LogP contribution in [-0.4, -0.2) is 71.4 Å². The van der Waals surface area contributed by atoms with Crippen molar-refractivity contribution in [3.8, 4) is 0 Å². The topological polar surface area (TPSA) is 101 Å². The summed E-state index contributed by atoms with van der Waals surface area (Å²) in [5.41, 5.74) is 0.521. The lowest BCUT2D eigenvalue weighted by Crippen LogP contribution is -2.49. The zero-order valence-electron chi connectivity index (χ0n) is 15.9. The number of thiazole rings is 1. The molecule has 3 aromatic rings. The summed E-state index contributed by atoms with van der Waals surface area (Å²) in [4.78, 5) is 21.6. The minimum Gasteiger partial charge on any atom is -0.345 e. The zero-order valence-corrected chi connectivity index (χ0v) is 17.5. The molecule has 0 N–H and O–H groups in total. The lowest BCUT2D eigenvalue weighted by Gasteiger charge is -2.34. The monoisotopic (exact) mass is 432 g/mol. The molecule has 0 saturated carbocycles. The first kappa shape index (κ1) is 18.5. The Hall–Kier alpha value is -2.53. The average molecular weight is 433 g/mol. The number of hydrogen-bond donors (Lipinski definition) is 0. The second-order valence-electron chi connectivity index (χ2n) is 7.35. The van der Waals surface area contributed by atoms with Gasteiger partial charge in [0.1, 0.15) is 11.3 Å². The van der Waals surface area contributed by atoms with Gasteiger partial charge >= 0.3 is 0 Å². The number of aromatic nitrogens is 4. The van der Waals surface area contributed by atoms with Crippen LogP contribution in [0.2, 0.25) is 0 Å². The lowest BCUT2D eigenvalue weighted by molar-refractivity contribution is 0.0729. The predicted octanol–water partition coefficient (Wildman–Crippen LogP) is 1.20. The Morgan fingerprint density at radius 3 is 2.66 bits per heavy atom. The number of anilines is 1. The molecule has 2 aliphatic heterocycles. The molecule has 152 valence electrons. The summed E-state index contributed by atoms with van der Waals surface area (Å²) < 4.78 is 26.8. The smallest absolute Gasteiger partial charge is 0.291 e. The second-order valence-corrected chi connectivity index (χ2v) is 10.3. The first-order valence-corrected chi connectivity index (χ1v) is 12.2. The second kappa shape index (κ2) is 6.77. The van der Waals surface area contributed by atoms with Gasteiger partial charge in [0.05, 0.1) is 9.60 Å². The summed E-state index contributed by atoms with van der Waals surface area (Å²) in [6.07, 6.45) is 3.08. The van der Waals surface area contributed by atoms with E-state index in [9.17, 15) is 13.2 Å². The highest BCUT2D eigenvalue weighted by Gasteiger charge is 2.29. The molecule has 0 bridgehead atoms. The highest BCUT2D eigenvalue weighted by molar-refractivity contribution is 7.91. The molecule has 4 heterocycles. The van der Waals surface area contributed by atoms with Gasteiger partial charge < -0.3 is 14.4 Å². The summed E-state index contributed by atoms with van der Waals surface area (Å²) in [5.74, 6) is 1.25. The van der Waals surface area contributed by atoms with Crippen LogP contribution >= 0.6 is 11.3 Å². The van der Waals surface area contributed by atoms with Crippen molar-refractivity contribution >= 4 is 42.4 Å². The molecule has 2 aliphatic rings. The van der Waals surface area contributed by atoms with Gasteiger partial charge in [-0.3, -0.25) is 4.79 Å². The number of amides is 1. The minimum atomic E-state index is -3.34. The van der Waals surface area contributed by atoms with E-state index in [0.29, 0.717) is 37.5 Å². The van der Waals surface area contributed by atoms with E-state index in [1.807, 2.05) is 10.6 Å². The molecule has 0 spiro atoms. The van der Waals surface area contributed by atoms with E-state index in [-0.39, 0.29) is 10.8 Å². The fraction of sp³-hybridized carbons (Fsp3) is 0.444. The molecule has 1 fully saturated rings. The number of para-hydroxylation sites is 1. The van der Waals surface area contributed by atoms with Gasteiger partial charge in [-0.2, -0.15) is 0 Å². The van der Waals surface area contributed by atoms with Gasteiger partial charge in [0, 0.05) is 45.4 Å². The Balaban J connectivity index is 1.34. The maximum atomic E-state index is 12.9. The molecule has 29 heavy (non-hydrogen) atoms. The largest absolute Gasteiger partial charge is 0.345 e. The Morgan fingerprint density at radius 2 is 1.90 bits per heavy atom. The molecule has 1 saturated heterocycles. The van der Waals surface area contributed by atoms with E-state index < -0.39 is 9.84 Å². The van der Waals surface area contributed by atoms with Crippen LogP contribution in [0.15, 0.2) is 23.1 Å². The number of sulfone groups is 1. The third kappa shape index (κ3) is 3.18. The van der Waals surface area contributed by atoms with Gasteiger partial charge in [-0.15, -0.1) is 10.2 Å². The zero-order chi connectivity index (χ0) is 20.2. The van der Waals surface area contributed by atoms with Crippen molar-refractivity contribution < 1.29 is 13.2 Å². The molecular weight excluding hydrogens is 412 g/mol. The predicted molar refractivity (Wildman–Crippen MR) is 109 cm³/mol. The lowest BCUT2D eigenvalue weighted by atomic mass is 10.3. The van der Waals surface area contributed by atoms with Crippen LogP contribution in [0.1, 0.15) is 22.9 Å². The molecule has 9 nitrogen and oxygen atoms in total. The van der Waals surface area contributed by atoms with Crippen LogP contribution in [0.3, 0.4) is 0 Å². The number of piperazine rings is 1. The Labute approximate surface area is 171 Å². The van der Waals surface area contributed by atoms with Crippen LogP contribution < -0.4 is 4.90 Å². The highest BCUT2D eigenvalue weighted by Crippen LogP contribution is 2.33. The summed E-state index contributed by atoms with van der Waals surface area (Å²) in [7, 11) is -3.34. The molecule has 1 aromatic carbocycles. The van der Waals surface area contributed by atoms with Crippen LogP contribution in [-0.2, 0) is 22.8 Å². The van der Waals surface area contributed by atoms with Gasteiger partial charge in [-0.25, -0.2) is 13.4 Å². The molecule has 11 heteroatoms. The number of rotatable bonds is 3. The quantitative estimate of drug-likeness (QED) is 0.613. The normalized spacial score (nSPS) is 17.1. The van der Waals surface area contributed by atoms with Gasteiger partial charge in [0.2, 0.25) is 5.82 Å². The number of aryl methyl sites for hydroxylation is 1. The maximum absolute atomic E-state index is 12.9. The molecule has 5 rings (SSSR count). The number of carbonyl (C=O) groups excluding carboxylic acids is 1. The van der Waals surface area contributed by atoms with Gasteiger partial charge in [0.15, 0.2) is 15.0 Å². The minimum absolute atomic E-state index is 0.0750. The van der Waals surface area contributed by atoms with Crippen molar-refractivity contribution in [3.63, 3.8) is 0 Å². The van der Waals surface area contributed by atoms with Crippen molar-refractivity contribution in [1.29, 1.82) is 0 Å². The van der Waals surface area contributed by atoms with E-state index in [0.717, 1.165) is 35.0 Å². The van der Waals surface area contributed by atoms with Gasteiger partial charge in [-0.1, -0.05) is 17.4 Å². The molecular formula is C18H20N6O3S2. The van der Waals surface area contributed by atoms with Crippen molar-refractivity contribution in [2.45, 2.75) is 24.3 Å². The van der Waals surface area contributed by atoms with Crippen LogP contribution in [0.5, 0.6) is 0 Å². The van der Waals surface area contributed by atoms with Crippen LogP contribution in [0.25, 0.3) is 10.2 Å². The first-order valence-electron chi connectivity index (χ1n) is 9.48. The van der Waals surface area contributed by atoms with Crippen LogP contribution in [0.4, 0.5) is 5.13 Å². The standard InChI is InChI=1S/C18H20N6O3S2/c1-29(26,27)13-5-2-4-12-15(13)19-18(28-12)23-10-8-22(9-11-23)17(25)16-21-20-14-6-3-7-24(14)16/h2,4-5H,3,6-11H2,1H3. The average Bonchev–Trinajstić information content (AvgIpc) is 3.41. The third-order valence-corrected chi connectivity index (χ3v) is 7.62. The van der Waals surface area contributed by atoms with Crippen molar-refractivity contribution in [2.75, 3.05) is 37.3 Å². The molecule has 2 aromatic heterocycles. The first-order chi connectivity index (χ1) is 13.9. The van der Waals surface area contributed by atoms with E-state index in [2.05, 4.69) is 20.1 Å². The Kier molecular flexibility index (Phi) is 4.32. The van der Waals surface area contributed by atoms with E-state index in [1.54, 1.807) is 17.0 Å². The summed E-state index contributed by atoms with van der Waals surface area (Å²) in [6.45, 7) is 3.21. The molecule has 0 radical (unpaired) electrons. The van der Waals surface area contributed by atoms with Gasteiger partial charge in [-0.05, 0) is 18.6 Å². The highest BCUT2D eigenvalue weighted by atomic mass is 32.2. The van der Waals surface area contributed by atoms with Crippen molar-refractivity contribution in [1.82, 2.24) is 24.6 Å².